The number of rotatable bonds is 2. The van der Waals surface area contributed by atoms with Gasteiger partial charge in [-0.2, -0.15) is 11.1 Å². The predicted molar refractivity (Wildman–Crippen MR) is 98.8 cm³/mol. The Labute approximate surface area is 136 Å². The minimum atomic E-state index is -1.32. The van der Waals surface area contributed by atoms with E-state index in [0.717, 1.165) is 0 Å². The molecule has 0 fully saturated rings. The third-order valence-electron chi connectivity index (χ3n) is 4.05. The lowest BCUT2D eigenvalue weighted by molar-refractivity contribution is 1.76. The van der Waals surface area contributed by atoms with Crippen molar-refractivity contribution in [2.24, 2.45) is 0 Å². The van der Waals surface area contributed by atoms with Crippen LogP contribution in [-0.2, 0) is 0 Å². The van der Waals surface area contributed by atoms with Crippen LogP contribution in [0.4, 0.5) is 0 Å². The molecule has 0 heterocycles. The van der Waals surface area contributed by atoms with Crippen LogP contribution in [0.5, 0.6) is 0 Å². The summed E-state index contributed by atoms with van der Waals surface area (Å²) in [5.74, 6) is 0. The highest BCUT2D eigenvalue weighted by Crippen LogP contribution is 2.16. The van der Waals surface area contributed by atoms with Crippen molar-refractivity contribution in [3.63, 3.8) is 0 Å². The fraction of sp³-hybridized carbons (Fsp3) is 0. The van der Waals surface area contributed by atoms with Gasteiger partial charge in [-0.25, -0.2) is 0 Å². The van der Waals surface area contributed by atoms with Crippen molar-refractivity contribution >= 4 is 51.1 Å². The van der Waals surface area contributed by atoms with E-state index >= 15 is 0 Å². The van der Waals surface area contributed by atoms with E-state index in [4.69, 9.17) is 11.1 Å². The summed E-state index contributed by atoms with van der Waals surface area (Å²) in [7, 11) is -1.32. The molecule has 0 aliphatic heterocycles. The van der Waals surface area contributed by atoms with Crippen molar-refractivity contribution in [1.82, 2.24) is 0 Å². The first-order valence-corrected chi connectivity index (χ1v) is 9.84. The number of hydrogen-bond donors (Lipinski definition) is 0. The fourth-order valence-electron chi connectivity index (χ4n) is 2.98. The van der Waals surface area contributed by atoms with Crippen LogP contribution in [0.1, 0.15) is 0 Å². The maximum Gasteiger partial charge on any atom is 0.235 e. The topological polar surface area (TPSA) is 0 Å². The largest absolute Gasteiger partial charge is 0.235 e. The standard InChI is InChI=1S/C20H14ClSi/c21-22(19-13-5-9-15-7-1-3-11-17(15)19)20-14-6-10-16-8-2-4-12-18(16)20/h1-14H. The molecule has 0 spiro atoms. The Morgan fingerprint density at radius 3 is 1.41 bits per heavy atom. The summed E-state index contributed by atoms with van der Waals surface area (Å²) in [6.45, 7) is 0. The van der Waals surface area contributed by atoms with Gasteiger partial charge in [0.1, 0.15) is 0 Å². The molecular formula is C20H14ClSi. The maximum absolute atomic E-state index is 6.99. The summed E-state index contributed by atoms with van der Waals surface area (Å²) < 4.78 is 0. The molecule has 22 heavy (non-hydrogen) atoms. The molecule has 0 nitrogen and oxygen atoms in total. The van der Waals surface area contributed by atoms with Crippen molar-refractivity contribution < 1.29 is 0 Å². The Hall–Kier alpha value is -2.09. The van der Waals surface area contributed by atoms with E-state index in [9.17, 15) is 0 Å². The molecule has 0 unspecified atom stereocenters. The van der Waals surface area contributed by atoms with Crippen molar-refractivity contribution in [1.29, 1.82) is 0 Å². The van der Waals surface area contributed by atoms with E-state index < -0.39 is 8.11 Å². The van der Waals surface area contributed by atoms with Gasteiger partial charge < -0.3 is 0 Å². The van der Waals surface area contributed by atoms with E-state index in [1.54, 1.807) is 0 Å². The van der Waals surface area contributed by atoms with E-state index in [-0.39, 0.29) is 0 Å². The normalized spacial score (nSPS) is 11.4. The Morgan fingerprint density at radius 2 is 0.909 bits per heavy atom. The second kappa shape index (κ2) is 5.60. The molecule has 0 bridgehead atoms. The summed E-state index contributed by atoms with van der Waals surface area (Å²) in [6, 6.07) is 29.8. The number of benzene rings is 4. The van der Waals surface area contributed by atoms with Crippen molar-refractivity contribution in [3.05, 3.63) is 84.9 Å². The average molecular weight is 318 g/mol. The van der Waals surface area contributed by atoms with Gasteiger partial charge in [-0.15, -0.1) is 0 Å². The summed E-state index contributed by atoms with van der Waals surface area (Å²) in [6.07, 6.45) is 0. The van der Waals surface area contributed by atoms with Crippen LogP contribution < -0.4 is 10.4 Å². The van der Waals surface area contributed by atoms with Gasteiger partial charge in [-0.3, -0.25) is 0 Å². The molecule has 4 aromatic rings. The first-order valence-electron chi connectivity index (χ1n) is 7.33. The molecule has 4 rings (SSSR count). The molecule has 0 atom stereocenters. The van der Waals surface area contributed by atoms with Gasteiger partial charge in [0.15, 0.2) is 0 Å². The minimum absolute atomic E-state index is 1.25. The summed E-state index contributed by atoms with van der Waals surface area (Å²) in [5, 5.41) is 7.57. The maximum atomic E-state index is 6.99. The molecule has 0 aliphatic rings. The van der Waals surface area contributed by atoms with Crippen molar-refractivity contribution in [3.8, 4) is 0 Å². The van der Waals surface area contributed by atoms with Crippen molar-refractivity contribution in [2.75, 3.05) is 0 Å². The molecule has 0 N–H and O–H groups in total. The number of hydrogen-bond acceptors (Lipinski definition) is 0. The molecular weight excluding hydrogens is 304 g/mol. The smallest absolute Gasteiger partial charge is 0.156 e. The lowest BCUT2D eigenvalue weighted by Crippen LogP contribution is -2.38. The van der Waals surface area contributed by atoms with Crippen LogP contribution >= 0.6 is 11.1 Å². The second-order valence-corrected chi connectivity index (χ2v) is 8.21. The van der Waals surface area contributed by atoms with Crippen LogP contribution in [0.3, 0.4) is 0 Å². The zero-order valence-electron chi connectivity index (χ0n) is 12.0. The zero-order valence-corrected chi connectivity index (χ0v) is 13.7. The summed E-state index contributed by atoms with van der Waals surface area (Å²) >= 11 is 6.99. The molecule has 0 amide bonds. The van der Waals surface area contributed by atoms with Gasteiger partial charge >= 0.3 is 0 Å². The number of halogens is 1. The summed E-state index contributed by atoms with van der Waals surface area (Å²) in [4.78, 5) is 0. The third-order valence-corrected chi connectivity index (χ3v) is 7.09. The third kappa shape index (κ3) is 2.23. The lowest BCUT2D eigenvalue weighted by Gasteiger charge is -2.13. The molecule has 2 heteroatoms. The van der Waals surface area contributed by atoms with Gasteiger partial charge in [0.2, 0.25) is 8.11 Å². The Balaban J connectivity index is 1.94. The minimum Gasteiger partial charge on any atom is -0.156 e. The van der Waals surface area contributed by atoms with Crippen LogP contribution in [0.2, 0.25) is 0 Å². The monoisotopic (exact) mass is 317 g/mol. The molecule has 4 aromatic carbocycles. The van der Waals surface area contributed by atoms with E-state index in [1.807, 2.05) is 0 Å². The van der Waals surface area contributed by atoms with E-state index in [2.05, 4.69) is 84.9 Å². The van der Waals surface area contributed by atoms with E-state index in [0.29, 0.717) is 0 Å². The van der Waals surface area contributed by atoms with Crippen LogP contribution in [0.25, 0.3) is 21.5 Å². The quantitative estimate of drug-likeness (QED) is 0.381. The zero-order chi connectivity index (χ0) is 14.9. The highest BCUT2D eigenvalue weighted by atomic mass is 35.6. The van der Waals surface area contributed by atoms with Gasteiger partial charge in [0, 0.05) is 0 Å². The first kappa shape index (κ1) is 13.6. The molecule has 0 aliphatic carbocycles. The molecule has 1 radical (unpaired) electrons. The Morgan fingerprint density at radius 1 is 0.500 bits per heavy atom. The molecule has 0 saturated carbocycles. The lowest BCUT2D eigenvalue weighted by atomic mass is 10.1. The predicted octanol–water partition coefficient (Wildman–Crippen LogP) is 4.34. The second-order valence-electron chi connectivity index (χ2n) is 5.37. The molecule has 0 aromatic heterocycles. The first-order chi connectivity index (χ1) is 10.8. The molecule has 105 valence electrons. The van der Waals surface area contributed by atoms with Gasteiger partial charge in [-0.05, 0) is 31.9 Å². The molecule has 0 saturated heterocycles. The Kier molecular flexibility index (Phi) is 3.45. The number of fused-ring (bicyclic) bond motifs is 2. The summed E-state index contributed by atoms with van der Waals surface area (Å²) in [5.41, 5.74) is 0. The fourth-order valence-corrected chi connectivity index (χ4v) is 5.67. The van der Waals surface area contributed by atoms with Crippen molar-refractivity contribution in [2.45, 2.75) is 0 Å². The van der Waals surface area contributed by atoms with Gasteiger partial charge in [0.25, 0.3) is 0 Å². The van der Waals surface area contributed by atoms with Gasteiger partial charge in [0.05, 0.1) is 0 Å². The van der Waals surface area contributed by atoms with Crippen LogP contribution in [-0.4, -0.2) is 8.11 Å². The highest BCUT2D eigenvalue weighted by Gasteiger charge is 2.19. The highest BCUT2D eigenvalue weighted by molar-refractivity contribution is 7.22. The van der Waals surface area contributed by atoms with E-state index in [1.165, 1.54) is 31.9 Å². The SMILES string of the molecule is Cl[Si](c1cccc2ccccc12)c1cccc2ccccc12. The Bertz CT molecular complexity index is 872. The van der Waals surface area contributed by atoms with Crippen LogP contribution in [0.15, 0.2) is 84.9 Å². The van der Waals surface area contributed by atoms with Gasteiger partial charge in [-0.1, -0.05) is 84.9 Å². The average Bonchev–Trinajstić information content (AvgIpc) is 2.60. The van der Waals surface area contributed by atoms with Crippen LogP contribution in [0, 0.1) is 0 Å².